The fourth-order valence-electron chi connectivity index (χ4n) is 2.47. The zero-order chi connectivity index (χ0) is 15.0. The molecule has 5 heteroatoms. The molecular weight excluding hydrogens is 309 g/mol. The summed E-state index contributed by atoms with van der Waals surface area (Å²) >= 11 is 12.0. The number of Topliss-reactive ketones (excluding diaryl/α,β-unsaturated/α-hetero) is 1. The Morgan fingerprint density at radius 3 is 2.81 bits per heavy atom. The zero-order valence-electron chi connectivity index (χ0n) is 11.2. The van der Waals surface area contributed by atoms with Crippen LogP contribution in [0.15, 0.2) is 30.3 Å². The number of anilines is 1. The van der Waals surface area contributed by atoms with Crippen molar-refractivity contribution in [3.63, 3.8) is 0 Å². The number of ketones is 1. The second kappa shape index (κ2) is 5.58. The number of carbonyl (C=O) groups excluding carboxylic acids is 1. The Kier molecular flexibility index (Phi) is 3.79. The molecule has 0 aromatic heterocycles. The molecule has 3 rings (SSSR count). The van der Waals surface area contributed by atoms with Crippen LogP contribution < -0.4 is 10.5 Å². The van der Waals surface area contributed by atoms with Gasteiger partial charge in [0.15, 0.2) is 5.78 Å². The van der Waals surface area contributed by atoms with E-state index in [1.165, 1.54) is 0 Å². The highest BCUT2D eigenvalue weighted by atomic mass is 35.5. The molecule has 2 aromatic rings. The monoisotopic (exact) mass is 321 g/mol. The SMILES string of the molecule is Nc1cc(C(=O)Cc2cc(Cl)cc3c2OCC3)ccc1Cl. The standard InChI is InChI=1S/C16H13Cl2NO2/c17-12-5-10-3-4-21-16(10)11(6-12)8-15(20)9-1-2-13(18)14(19)7-9/h1-2,5-7H,3-4,8,19H2. The van der Waals surface area contributed by atoms with Gasteiger partial charge in [0.05, 0.1) is 17.3 Å². The Morgan fingerprint density at radius 1 is 1.24 bits per heavy atom. The van der Waals surface area contributed by atoms with E-state index in [2.05, 4.69) is 0 Å². The lowest BCUT2D eigenvalue weighted by molar-refractivity contribution is 0.0992. The molecule has 108 valence electrons. The second-order valence-corrected chi connectivity index (χ2v) is 5.83. The summed E-state index contributed by atoms with van der Waals surface area (Å²) in [5.41, 5.74) is 8.54. The van der Waals surface area contributed by atoms with Crippen LogP contribution in [0.4, 0.5) is 5.69 Å². The van der Waals surface area contributed by atoms with Crippen LogP contribution in [-0.2, 0) is 12.8 Å². The molecule has 0 amide bonds. The predicted molar refractivity (Wildman–Crippen MR) is 84.5 cm³/mol. The molecule has 0 radical (unpaired) electrons. The van der Waals surface area contributed by atoms with Crippen molar-refractivity contribution in [3.8, 4) is 5.75 Å². The molecule has 0 aliphatic carbocycles. The zero-order valence-corrected chi connectivity index (χ0v) is 12.7. The Labute approximate surface area is 132 Å². The fourth-order valence-corrected chi connectivity index (χ4v) is 2.85. The van der Waals surface area contributed by atoms with Crippen molar-refractivity contribution in [2.24, 2.45) is 0 Å². The number of ether oxygens (including phenoxy) is 1. The van der Waals surface area contributed by atoms with E-state index in [1.807, 2.05) is 6.07 Å². The number of carbonyl (C=O) groups is 1. The van der Waals surface area contributed by atoms with Crippen molar-refractivity contribution in [1.82, 2.24) is 0 Å². The molecule has 0 bridgehead atoms. The quantitative estimate of drug-likeness (QED) is 0.688. The maximum Gasteiger partial charge on any atom is 0.167 e. The third kappa shape index (κ3) is 2.85. The summed E-state index contributed by atoms with van der Waals surface area (Å²) in [6.07, 6.45) is 1.05. The Bertz CT molecular complexity index is 728. The van der Waals surface area contributed by atoms with Crippen LogP contribution in [0.1, 0.15) is 21.5 Å². The molecule has 1 aliphatic rings. The predicted octanol–water partition coefficient (Wildman–Crippen LogP) is 3.94. The molecule has 1 heterocycles. The van der Waals surface area contributed by atoms with Gasteiger partial charge in [-0.3, -0.25) is 4.79 Å². The van der Waals surface area contributed by atoms with Gasteiger partial charge in [0.25, 0.3) is 0 Å². The lowest BCUT2D eigenvalue weighted by Gasteiger charge is -2.09. The van der Waals surface area contributed by atoms with E-state index in [1.54, 1.807) is 24.3 Å². The first-order valence-corrected chi connectivity index (χ1v) is 7.32. The maximum atomic E-state index is 12.4. The molecule has 3 nitrogen and oxygen atoms in total. The van der Waals surface area contributed by atoms with E-state index >= 15 is 0 Å². The van der Waals surface area contributed by atoms with E-state index in [4.69, 9.17) is 33.7 Å². The molecular formula is C16H13Cl2NO2. The molecule has 0 spiro atoms. The number of rotatable bonds is 3. The molecule has 0 unspecified atom stereocenters. The summed E-state index contributed by atoms with van der Waals surface area (Å²) in [7, 11) is 0. The molecule has 21 heavy (non-hydrogen) atoms. The first-order chi connectivity index (χ1) is 10.0. The summed E-state index contributed by atoms with van der Waals surface area (Å²) in [5.74, 6) is 0.744. The third-order valence-corrected chi connectivity index (χ3v) is 4.06. The smallest absolute Gasteiger partial charge is 0.167 e. The van der Waals surface area contributed by atoms with Crippen LogP contribution in [0.2, 0.25) is 10.0 Å². The van der Waals surface area contributed by atoms with E-state index in [0.717, 1.165) is 23.3 Å². The molecule has 0 saturated heterocycles. The molecule has 0 fully saturated rings. The highest BCUT2D eigenvalue weighted by Gasteiger charge is 2.20. The van der Waals surface area contributed by atoms with Gasteiger partial charge in [-0.1, -0.05) is 23.2 Å². The van der Waals surface area contributed by atoms with Crippen molar-refractivity contribution in [3.05, 3.63) is 57.1 Å². The third-order valence-electron chi connectivity index (χ3n) is 3.49. The Morgan fingerprint density at radius 2 is 2.05 bits per heavy atom. The van der Waals surface area contributed by atoms with Gasteiger partial charge in [0.1, 0.15) is 5.75 Å². The van der Waals surface area contributed by atoms with Crippen LogP contribution in [-0.4, -0.2) is 12.4 Å². The minimum Gasteiger partial charge on any atom is -0.493 e. The Balaban J connectivity index is 1.90. The van der Waals surface area contributed by atoms with Crippen molar-refractivity contribution < 1.29 is 9.53 Å². The van der Waals surface area contributed by atoms with Crippen molar-refractivity contribution in [1.29, 1.82) is 0 Å². The fraction of sp³-hybridized carbons (Fsp3) is 0.188. The largest absolute Gasteiger partial charge is 0.493 e. The van der Waals surface area contributed by atoms with Crippen LogP contribution in [0.5, 0.6) is 5.75 Å². The molecule has 2 N–H and O–H groups in total. The van der Waals surface area contributed by atoms with Crippen LogP contribution in [0.3, 0.4) is 0 Å². The van der Waals surface area contributed by atoms with Gasteiger partial charge in [-0.15, -0.1) is 0 Å². The van der Waals surface area contributed by atoms with Crippen molar-refractivity contribution in [2.75, 3.05) is 12.3 Å². The first kappa shape index (κ1) is 14.2. The maximum absolute atomic E-state index is 12.4. The summed E-state index contributed by atoms with van der Waals surface area (Å²) < 4.78 is 5.61. The number of halogens is 2. The average Bonchev–Trinajstić information content (AvgIpc) is 2.90. The number of hydrogen-bond acceptors (Lipinski definition) is 3. The highest BCUT2D eigenvalue weighted by Crippen LogP contribution is 2.33. The Hall–Kier alpha value is -1.71. The number of benzene rings is 2. The molecule has 0 atom stereocenters. The van der Waals surface area contributed by atoms with Gasteiger partial charge in [-0.25, -0.2) is 0 Å². The van der Waals surface area contributed by atoms with Gasteiger partial charge in [0.2, 0.25) is 0 Å². The topological polar surface area (TPSA) is 52.3 Å². The summed E-state index contributed by atoms with van der Waals surface area (Å²) in [6.45, 7) is 0.630. The van der Waals surface area contributed by atoms with Gasteiger partial charge in [-0.2, -0.15) is 0 Å². The highest BCUT2D eigenvalue weighted by molar-refractivity contribution is 6.33. The lowest BCUT2D eigenvalue weighted by Crippen LogP contribution is -2.06. The van der Waals surface area contributed by atoms with Gasteiger partial charge in [0, 0.05) is 29.0 Å². The first-order valence-electron chi connectivity index (χ1n) is 6.57. The van der Waals surface area contributed by atoms with Gasteiger partial charge >= 0.3 is 0 Å². The average molecular weight is 322 g/mol. The minimum absolute atomic E-state index is 0.0432. The number of fused-ring (bicyclic) bond motifs is 1. The second-order valence-electron chi connectivity index (χ2n) is 4.99. The number of nitrogen functional groups attached to an aromatic ring is 1. The number of hydrogen-bond donors (Lipinski definition) is 1. The van der Waals surface area contributed by atoms with E-state index in [9.17, 15) is 4.79 Å². The molecule has 0 saturated carbocycles. The summed E-state index contributed by atoms with van der Waals surface area (Å²) in [5, 5.41) is 1.07. The van der Waals surface area contributed by atoms with Crippen LogP contribution in [0, 0.1) is 0 Å². The molecule has 1 aliphatic heterocycles. The van der Waals surface area contributed by atoms with E-state index in [0.29, 0.717) is 27.9 Å². The number of nitrogens with two attached hydrogens (primary N) is 1. The van der Waals surface area contributed by atoms with Gasteiger partial charge in [-0.05, 0) is 35.9 Å². The van der Waals surface area contributed by atoms with Crippen molar-refractivity contribution >= 4 is 34.7 Å². The van der Waals surface area contributed by atoms with Crippen LogP contribution in [0.25, 0.3) is 0 Å². The summed E-state index contributed by atoms with van der Waals surface area (Å²) in [4.78, 5) is 12.4. The van der Waals surface area contributed by atoms with E-state index in [-0.39, 0.29) is 12.2 Å². The minimum atomic E-state index is -0.0432. The molecule has 2 aromatic carbocycles. The van der Waals surface area contributed by atoms with Gasteiger partial charge < -0.3 is 10.5 Å². The van der Waals surface area contributed by atoms with Crippen LogP contribution >= 0.6 is 23.2 Å². The summed E-state index contributed by atoms with van der Waals surface area (Å²) in [6, 6.07) is 8.56. The van der Waals surface area contributed by atoms with Crippen molar-refractivity contribution in [2.45, 2.75) is 12.8 Å². The lowest BCUT2D eigenvalue weighted by atomic mass is 9.99. The normalized spacial score (nSPS) is 12.9. The van der Waals surface area contributed by atoms with E-state index < -0.39 is 0 Å².